The summed E-state index contributed by atoms with van der Waals surface area (Å²) >= 11 is 0. The van der Waals surface area contributed by atoms with Crippen molar-refractivity contribution in [1.29, 1.82) is 0 Å². The molecule has 1 fully saturated rings. The Hall–Kier alpha value is -1.36. The maximum Gasteiger partial charge on any atom is 0.269 e. The monoisotopic (exact) mass is 278 g/mol. The first-order chi connectivity index (χ1) is 9.44. The molecular formula is C15H26N4O. The zero-order chi connectivity index (χ0) is 14.8. The Kier molecular flexibility index (Phi) is 4.48. The van der Waals surface area contributed by atoms with Crippen LogP contribution in [0.2, 0.25) is 0 Å². The second kappa shape index (κ2) is 5.95. The molecule has 1 aromatic rings. The van der Waals surface area contributed by atoms with Crippen LogP contribution in [0.1, 0.15) is 49.8 Å². The highest BCUT2D eigenvalue weighted by Gasteiger charge is 2.32. The molecule has 20 heavy (non-hydrogen) atoms. The van der Waals surface area contributed by atoms with Crippen LogP contribution in [0.5, 0.6) is 0 Å². The first-order valence-electron chi connectivity index (χ1n) is 7.50. The predicted octanol–water partition coefficient (Wildman–Crippen LogP) is 1.72. The van der Waals surface area contributed by atoms with Gasteiger partial charge in [-0.25, -0.2) is 0 Å². The highest BCUT2D eigenvalue weighted by Crippen LogP contribution is 2.29. The number of nitrogens with zero attached hydrogens (tertiary/aromatic N) is 2. The van der Waals surface area contributed by atoms with Crippen LogP contribution < -0.4 is 10.6 Å². The summed E-state index contributed by atoms with van der Waals surface area (Å²) in [5, 5.41) is 10.9. The number of aryl methyl sites for hydroxylation is 2. The van der Waals surface area contributed by atoms with Gasteiger partial charge in [-0.05, 0) is 44.7 Å². The maximum absolute atomic E-state index is 12.3. The van der Waals surface area contributed by atoms with Gasteiger partial charge >= 0.3 is 0 Å². The van der Waals surface area contributed by atoms with E-state index >= 15 is 0 Å². The van der Waals surface area contributed by atoms with Gasteiger partial charge in [0, 0.05) is 19.1 Å². The van der Waals surface area contributed by atoms with Gasteiger partial charge in [-0.1, -0.05) is 13.8 Å². The fourth-order valence-corrected chi connectivity index (χ4v) is 2.87. The van der Waals surface area contributed by atoms with Crippen LogP contribution in [-0.2, 0) is 6.54 Å². The standard InChI is InChI=1S/C15H26N4O/c1-5-19-12(9-11(2)18-19)14(20)17-10-13-15(3,4)7-6-8-16-13/h9,13,16H,5-8,10H2,1-4H3,(H,17,20). The molecule has 1 aliphatic rings. The van der Waals surface area contributed by atoms with Crippen LogP contribution in [0, 0.1) is 12.3 Å². The molecule has 5 nitrogen and oxygen atoms in total. The van der Waals surface area contributed by atoms with Crippen molar-refractivity contribution < 1.29 is 4.79 Å². The number of piperidine rings is 1. The average molecular weight is 278 g/mol. The molecule has 5 heteroatoms. The normalized spacial score (nSPS) is 21.7. The van der Waals surface area contributed by atoms with E-state index in [2.05, 4.69) is 29.6 Å². The predicted molar refractivity (Wildman–Crippen MR) is 79.8 cm³/mol. The topological polar surface area (TPSA) is 59.0 Å². The lowest BCUT2D eigenvalue weighted by atomic mass is 9.77. The summed E-state index contributed by atoms with van der Waals surface area (Å²) in [5.41, 5.74) is 1.76. The summed E-state index contributed by atoms with van der Waals surface area (Å²) < 4.78 is 1.75. The van der Waals surface area contributed by atoms with E-state index in [1.807, 2.05) is 19.9 Å². The van der Waals surface area contributed by atoms with Crippen LogP contribution in [0.25, 0.3) is 0 Å². The quantitative estimate of drug-likeness (QED) is 0.881. The Morgan fingerprint density at radius 2 is 2.35 bits per heavy atom. The molecule has 1 aliphatic heterocycles. The van der Waals surface area contributed by atoms with Crippen molar-refractivity contribution in [2.45, 2.75) is 53.1 Å². The van der Waals surface area contributed by atoms with E-state index in [-0.39, 0.29) is 11.3 Å². The highest BCUT2D eigenvalue weighted by molar-refractivity contribution is 5.92. The second-order valence-corrected chi connectivity index (χ2v) is 6.30. The molecule has 1 unspecified atom stereocenters. The third-order valence-electron chi connectivity index (χ3n) is 4.23. The molecule has 2 N–H and O–H groups in total. The van der Waals surface area contributed by atoms with E-state index in [9.17, 15) is 4.79 Å². The number of carbonyl (C=O) groups excluding carboxylic acids is 1. The van der Waals surface area contributed by atoms with Crippen LogP contribution in [-0.4, -0.2) is 34.8 Å². The molecule has 1 aromatic heterocycles. The summed E-state index contributed by atoms with van der Waals surface area (Å²) in [6.07, 6.45) is 2.41. The molecule has 0 aromatic carbocycles. The summed E-state index contributed by atoms with van der Waals surface area (Å²) in [6, 6.07) is 2.18. The first kappa shape index (κ1) is 15.0. The Morgan fingerprint density at radius 1 is 1.60 bits per heavy atom. The lowest BCUT2D eigenvalue weighted by molar-refractivity contribution is 0.0918. The van der Waals surface area contributed by atoms with Crippen molar-refractivity contribution in [2.24, 2.45) is 5.41 Å². The van der Waals surface area contributed by atoms with Crippen LogP contribution in [0.4, 0.5) is 0 Å². The van der Waals surface area contributed by atoms with Crippen LogP contribution >= 0.6 is 0 Å². The fourth-order valence-electron chi connectivity index (χ4n) is 2.87. The zero-order valence-electron chi connectivity index (χ0n) is 13.0. The first-order valence-corrected chi connectivity index (χ1v) is 7.50. The van der Waals surface area contributed by atoms with Crippen LogP contribution in [0.3, 0.4) is 0 Å². The molecule has 2 heterocycles. The van der Waals surface area contributed by atoms with Gasteiger partial charge in [-0.15, -0.1) is 0 Å². The van der Waals surface area contributed by atoms with Crippen molar-refractivity contribution in [2.75, 3.05) is 13.1 Å². The minimum atomic E-state index is -0.0318. The molecule has 0 radical (unpaired) electrons. The van der Waals surface area contributed by atoms with E-state index in [1.54, 1.807) is 4.68 Å². The molecule has 0 bridgehead atoms. The van der Waals surface area contributed by atoms with Gasteiger partial charge in [-0.3, -0.25) is 9.48 Å². The molecule has 0 aliphatic carbocycles. The lowest BCUT2D eigenvalue weighted by Crippen LogP contribution is -2.52. The van der Waals surface area contributed by atoms with Crippen molar-refractivity contribution >= 4 is 5.91 Å². The van der Waals surface area contributed by atoms with Gasteiger partial charge in [0.05, 0.1) is 5.69 Å². The van der Waals surface area contributed by atoms with E-state index in [1.165, 1.54) is 12.8 Å². The summed E-state index contributed by atoms with van der Waals surface area (Å²) in [6.45, 7) is 10.8. The molecular weight excluding hydrogens is 252 g/mol. The number of hydrogen-bond acceptors (Lipinski definition) is 3. The van der Waals surface area contributed by atoms with Gasteiger partial charge < -0.3 is 10.6 Å². The lowest BCUT2D eigenvalue weighted by Gasteiger charge is -2.39. The van der Waals surface area contributed by atoms with Crippen molar-refractivity contribution in [3.63, 3.8) is 0 Å². The van der Waals surface area contributed by atoms with Crippen molar-refractivity contribution in [3.8, 4) is 0 Å². The van der Waals surface area contributed by atoms with Crippen LogP contribution in [0.15, 0.2) is 6.07 Å². The number of rotatable bonds is 4. The number of carbonyl (C=O) groups is 1. The molecule has 0 saturated carbocycles. The highest BCUT2D eigenvalue weighted by atomic mass is 16.2. The van der Waals surface area contributed by atoms with Gasteiger partial charge in [-0.2, -0.15) is 5.10 Å². The molecule has 0 spiro atoms. The molecule has 1 saturated heterocycles. The van der Waals surface area contributed by atoms with E-state index in [4.69, 9.17) is 0 Å². The maximum atomic E-state index is 12.3. The average Bonchev–Trinajstić information content (AvgIpc) is 2.78. The van der Waals surface area contributed by atoms with Gasteiger partial charge in [0.25, 0.3) is 5.91 Å². The Balaban J connectivity index is 1.98. The third-order valence-corrected chi connectivity index (χ3v) is 4.23. The van der Waals surface area contributed by atoms with Gasteiger partial charge in [0.1, 0.15) is 5.69 Å². The van der Waals surface area contributed by atoms with E-state index in [0.717, 1.165) is 12.2 Å². The molecule has 1 atom stereocenters. The fraction of sp³-hybridized carbons (Fsp3) is 0.733. The molecule has 112 valence electrons. The van der Waals surface area contributed by atoms with E-state index < -0.39 is 0 Å². The van der Waals surface area contributed by atoms with Crippen molar-refractivity contribution in [1.82, 2.24) is 20.4 Å². The largest absolute Gasteiger partial charge is 0.349 e. The number of aromatic nitrogens is 2. The number of nitrogens with one attached hydrogen (secondary N) is 2. The summed E-state index contributed by atoms with van der Waals surface area (Å²) in [4.78, 5) is 12.3. The van der Waals surface area contributed by atoms with Crippen molar-refractivity contribution in [3.05, 3.63) is 17.5 Å². The Bertz CT molecular complexity index is 478. The Morgan fingerprint density at radius 3 is 3.00 bits per heavy atom. The number of hydrogen-bond donors (Lipinski definition) is 2. The SMILES string of the molecule is CCn1nc(C)cc1C(=O)NCC1NCCCC1(C)C. The van der Waals surface area contributed by atoms with Gasteiger partial charge in [0.15, 0.2) is 0 Å². The number of amides is 1. The second-order valence-electron chi connectivity index (χ2n) is 6.30. The third kappa shape index (κ3) is 3.20. The summed E-state index contributed by atoms with van der Waals surface area (Å²) in [5.74, 6) is -0.0318. The minimum absolute atomic E-state index is 0.0318. The Labute approximate surface area is 121 Å². The summed E-state index contributed by atoms with van der Waals surface area (Å²) in [7, 11) is 0. The minimum Gasteiger partial charge on any atom is -0.349 e. The van der Waals surface area contributed by atoms with Gasteiger partial charge in [0.2, 0.25) is 0 Å². The smallest absolute Gasteiger partial charge is 0.269 e. The zero-order valence-corrected chi connectivity index (χ0v) is 13.0. The molecule has 2 rings (SSSR count). The van der Waals surface area contributed by atoms with E-state index in [0.29, 0.717) is 24.8 Å². The molecule has 1 amide bonds.